The van der Waals surface area contributed by atoms with Gasteiger partial charge in [0, 0.05) is 26.7 Å². The number of methoxy groups -OCH3 is 1. The van der Waals surface area contributed by atoms with Gasteiger partial charge in [-0.1, -0.05) is 0 Å². The summed E-state index contributed by atoms with van der Waals surface area (Å²) in [4.78, 5) is 0. The van der Waals surface area contributed by atoms with Crippen LogP contribution in [-0.2, 0) is 4.74 Å². The standard InChI is InChI=1S/C5H12N2O.2ClH/c1-8-5(2-6)3-7-4-5;;/h7H,2-4,6H2,1H3;2*1H. The summed E-state index contributed by atoms with van der Waals surface area (Å²) >= 11 is 0. The molecule has 0 unspecified atom stereocenters. The Labute approximate surface area is 73.5 Å². The Balaban J connectivity index is 0. The van der Waals surface area contributed by atoms with E-state index in [-0.39, 0.29) is 30.4 Å². The van der Waals surface area contributed by atoms with Crippen molar-refractivity contribution in [2.24, 2.45) is 5.73 Å². The highest BCUT2D eigenvalue weighted by Gasteiger charge is 2.34. The van der Waals surface area contributed by atoms with Crippen LogP contribution in [0, 0.1) is 0 Å². The first kappa shape index (κ1) is 13.1. The van der Waals surface area contributed by atoms with E-state index < -0.39 is 0 Å². The first-order valence-electron chi connectivity index (χ1n) is 2.79. The Morgan fingerprint density at radius 3 is 2.00 bits per heavy atom. The molecule has 0 radical (unpaired) electrons. The van der Waals surface area contributed by atoms with Crippen molar-refractivity contribution in [3.05, 3.63) is 0 Å². The number of nitrogens with two attached hydrogens (primary N) is 1. The van der Waals surface area contributed by atoms with E-state index >= 15 is 0 Å². The van der Waals surface area contributed by atoms with E-state index in [9.17, 15) is 0 Å². The van der Waals surface area contributed by atoms with Gasteiger partial charge in [0.2, 0.25) is 0 Å². The summed E-state index contributed by atoms with van der Waals surface area (Å²) < 4.78 is 5.14. The zero-order valence-corrected chi connectivity index (χ0v) is 7.56. The highest BCUT2D eigenvalue weighted by atomic mass is 35.5. The average Bonchev–Trinajstić information content (AvgIpc) is 1.67. The largest absolute Gasteiger partial charge is 0.374 e. The minimum absolute atomic E-state index is 0. The first-order valence-corrected chi connectivity index (χ1v) is 2.79. The van der Waals surface area contributed by atoms with E-state index in [4.69, 9.17) is 10.5 Å². The van der Waals surface area contributed by atoms with Crippen LogP contribution in [0.15, 0.2) is 0 Å². The molecule has 64 valence electrons. The van der Waals surface area contributed by atoms with Gasteiger partial charge in [-0.3, -0.25) is 0 Å². The Morgan fingerprint density at radius 2 is 2.00 bits per heavy atom. The van der Waals surface area contributed by atoms with Crippen LogP contribution in [-0.4, -0.2) is 32.3 Å². The second-order valence-corrected chi connectivity index (χ2v) is 2.19. The van der Waals surface area contributed by atoms with Gasteiger partial charge in [0.1, 0.15) is 5.60 Å². The monoisotopic (exact) mass is 188 g/mol. The summed E-state index contributed by atoms with van der Waals surface area (Å²) in [6, 6.07) is 0. The maximum atomic E-state index is 5.41. The van der Waals surface area contributed by atoms with Crippen LogP contribution in [0.1, 0.15) is 0 Å². The minimum Gasteiger partial charge on any atom is -0.374 e. The molecule has 0 bridgehead atoms. The number of nitrogens with one attached hydrogen (secondary N) is 1. The molecule has 0 atom stereocenters. The van der Waals surface area contributed by atoms with Gasteiger partial charge < -0.3 is 15.8 Å². The van der Waals surface area contributed by atoms with Gasteiger partial charge in [-0.2, -0.15) is 0 Å². The van der Waals surface area contributed by atoms with Crippen molar-refractivity contribution < 1.29 is 4.74 Å². The Morgan fingerprint density at radius 1 is 1.50 bits per heavy atom. The van der Waals surface area contributed by atoms with Gasteiger partial charge in [0.25, 0.3) is 0 Å². The number of hydrogen-bond donors (Lipinski definition) is 2. The first-order chi connectivity index (χ1) is 3.83. The summed E-state index contributed by atoms with van der Waals surface area (Å²) in [6.07, 6.45) is 0. The molecule has 0 aliphatic carbocycles. The van der Waals surface area contributed by atoms with Gasteiger partial charge >= 0.3 is 0 Å². The molecular weight excluding hydrogens is 175 g/mol. The molecule has 5 heteroatoms. The van der Waals surface area contributed by atoms with Crippen LogP contribution in [0.3, 0.4) is 0 Å². The predicted octanol–water partition coefficient (Wildman–Crippen LogP) is -0.223. The Hall–Kier alpha value is 0.460. The normalized spacial score (nSPS) is 19.8. The summed E-state index contributed by atoms with van der Waals surface area (Å²) in [7, 11) is 1.70. The summed E-state index contributed by atoms with van der Waals surface area (Å²) in [5.74, 6) is 0. The van der Waals surface area contributed by atoms with Crippen molar-refractivity contribution in [1.82, 2.24) is 5.32 Å². The van der Waals surface area contributed by atoms with Crippen molar-refractivity contribution in [3.63, 3.8) is 0 Å². The van der Waals surface area contributed by atoms with Gasteiger partial charge in [-0.05, 0) is 0 Å². The fraction of sp³-hybridized carbons (Fsp3) is 1.00. The molecule has 3 nitrogen and oxygen atoms in total. The maximum absolute atomic E-state index is 5.41. The number of hydrogen-bond acceptors (Lipinski definition) is 3. The van der Waals surface area contributed by atoms with Gasteiger partial charge in [-0.15, -0.1) is 24.8 Å². The molecule has 0 aromatic rings. The highest BCUT2D eigenvalue weighted by Crippen LogP contribution is 2.12. The van der Waals surface area contributed by atoms with Crippen molar-refractivity contribution in [1.29, 1.82) is 0 Å². The van der Waals surface area contributed by atoms with E-state index in [0.717, 1.165) is 13.1 Å². The lowest BCUT2D eigenvalue weighted by molar-refractivity contribution is -0.0428. The van der Waals surface area contributed by atoms with E-state index in [2.05, 4.69) is 5.32 Å². The molecule has 3 N–H and O–H groups in total. The van der Waals surface area contributed by atoms with Gasteiger partial charge in [-0.25, -0.2) is 0 Å². The molecular formula is C5H14Cl2N2O. The molecule has 10 heavy (non-hydrogen) atoms. The third-order valence-corrected chi connectivity index (χ3v) is 1.70. The third-order valence-electron chi connectivity index (χ3n) is 1.70. The van der Waals surface area contributed by atoms with Crippen molar-refractivity contribution in [2.45, 2.75) is 5.60 Å². The van der Waals surface area contributed by atoms with Crippen LogP contribution >= 0.6 is 24.8 Å². The van der Waals surface area contributed by atoms with Crippen LogP contribution in [0.4, 0.5) is 0 Å². The summed E-state index contributed by atoms with van der Waals surface area (Å²) in [6.45, 7) is 2.43. The fourth-order valence-corrected chi connectivity index (χ4v) is 0.776. The molecule has 1 aliphatic heterocycles. The molecule has 0 aromatic heterocycles. The van der Waals surface area contributed by atoms with E-state index in [1.807, 2.05) is 0 Å². The Bertz CT molecular complexity index is 74.2. The van der Waals surface area contributed by atoms with Crippen molar-refractivity contribution in [3.8, 4) is 0 Å². The van der Waals surface area contributed by atoms with Crippen LogP contribution in [0.25, 0.3) is 0 Å². The lowest BCUT2D eigenvalue weighted by Crippen LogP contribution is -2.64. The quantitative estimate of drug-likeness (QED) is 0.631. The minimum atomic E-state index is -0.0278. The molecule has 0 amide bonds. The smallest absolute Gasteiger partial charge is 0.105 e. The molecule has 0 saturated carbocycles. The zero-order valence-electron chi connectivity index (χ0n) is 5.92. The molecule has 1 fully saturated rings. The lowest BCUT2D eigenvalue weighted by atomic mass is 9.98. The molecule has 1 aliphatic rings. The van der Waals surface area contributed by atoms with Crippen LogP contribution < -0.4 is 11.1 Å². The number of ether oxygens (including phenoxy) is 1. The lowest BCUT2D eigenvalue weighted by Gasteiger charge is -2.40. The van der Waals surface area contributed by atoms with Crippen molar-refractivity contribution in [2.75, 3.05) is 26.7 Å². The van der Waals surface area contributed by atoms with Crippen LogP contribution in [0.2, 0.25) is 0 Å². The maximum Gasteiger partial charge on any atom is 0.105 e. The zero-order chi connectivity index (χ0) is 6.04. The summed E-state index contributed by atoms with van der Waals surface area (Å²) in [5, 5.41) is 3.10. The van der Waals surface area contributed by atoms with Gasteiger partial charge in [0.15, 0.2) is 0 Å². The summed E-state index contributed by atoms with van der Waals surface area (Å²) in [5.41, 5.74) is 5.39. The molecule has 1 rings (SSSR count). The Kier molecular flexibility index (Phi) is 6.74. The fourth-order valence-electron chi connectivity index (χ4n) is 0.776. The SMILES string of the molecule is COC1(CN)CNC1.Cl.Cl. The van der Waals surface area contributed by atoms with E-state index in [1.165, 1.54) is 0 Å². The molecule has 1 heterocycles. The van der Waals surface area contributed by atoms with Crippen LogP contribution in [0.5, 0.6) is 0 Å². The van der Waals surface area contributed by atoms with Gasteiger partial charge in [0.05, 0.1) is 0 Å². The number of rotatable bonds is 2. The topological polar surface area (TPSA) is 47.3 Å². The third kappa shape index (κ3) is 2.25. The van der Waals surface area contributed by atoms with E-state index in [0.29, 0.717) is 6.54 Å². The second kappa shape index (κ2) is 5.16. The molecule has 1 saturated heterocycles. The highest BCUT2D eigenvalue weighted by molar-refractivity contribution is 5.85. The molecule has 0 aromatic carbocycles. The predicted molar refractivity (Wildman–Crippen MR) is 46.2 cm³/mol. The number of halogens is 2. The van der Waals surface area contributed by atoms with E-state index in [1.54, 1.807) is 7.11 Å². The second-order valence-electron chi connectivity index (χ2n) is 2.19. The van der Waals surface area contributed by atoms with Crippen molar-refractivity contribution >= 4 is 24.8 Å². The average molecular weight is 189 g/mol. The molecule has 0 spiro atoms.